The van der Waals surface area contributed by atoms with Gasteiger partial charge in [-0.05, 0) is 113 Å². The molecule has 3 heteroatoms. The van der Waals surface area contributed by atoms with Gasteiger partial charge in [0.15, 0.2) is 0 Å². The summed E-state index contributed by atoms with van der Waals surface area (Å²) in [5.74, 6) is 0.888. The Bertz CT molecular complexity index is 3600. The van der Waals surface area contributed by atoms with Gasteiger partial charge in [-0.25, -0.2) is 4.98 Å². The SMILES string of the molecule is c1ccc(-n2c(-c3ccc(-c4ccc5c(-c6ccc7ccccc7c6)c6ccccc6c(-c6ccc7ccccc7c6)c5c4)cc3)nc3cnc4ccccc4c32)cc1. The zero-order chi connectivity index (χ0) is 38.9. The summed E-state index contributed by atoms with van der Waals surface area (Å²) >= 11 is 0. The van der Waals surface area contributed by atoms with Crippen LogP contribution in [0.15, 0.2) is 212 Å². The maximum absolute atomic E-state index is 5.21. The van der Waals surface area contributed by atoms with Gasteiger partial charge in [0.25, 0.3) is 0 Å². The van der Waals surface area contributed by atoms with Crippen LogP contribution >= 0.6 is 0 Å². The van der Waals surface area contributed by atoms with Gasteiger partial charge in [-0.15, -0.1) is 0 Å². The highest BCUT2D eigenvalue weighted by Crippen LogP contribution is 2.46. The second kappa shape index (κ2) is 13.4. The first-order valence-electron chi connectivity index (χ1n) is 20.1. The Hall–Kier alpha value is -7.88. The van der Waals surface area contributed by atoms with E-state index in [0.717, 1.165) is 50.1 Å². The fourth-order valence-corrected chi connectivity index (χ4v) is 9.21. The van der Waals surface area contributed by atoms with E-state index in [-0.39, 0.29) is 0 Å². The molecule has 59 heavy (non-hydrogen) atoms. The van der Waals surface area contributed by atoms with Crippen molar-refractivity contribution in [1.29, 1.82) is 0 Å². The molecule has 0 aliphatic heterocycles. The maximum Gasteiger partial charge on any atom is 0.145 e. The van der Waals surface area contributed by atoms with Crippen molar-refractivity contribution in [2.75, 3.05) is 0 Å². The van der Waals surface area contributed by atoms with Crippen LogP contribution in [0.5, 0.6) is 0 Å². The maximum atomic E-state index is 5.21. The Morgan fingerprint density at radius 2 is 0.831 bits per heavy atom. The van der Waals surface area contributed by atoms with Crippen LogP contribution in [0.25, 0.3) is 115 Å². The molecular weight excluding hydrogens is 715 g/mol. The van der Waals surface area contributed by atoms with Crippen LogP contribution in [-0.4, -0.2) is 14.5 Å². The van der Waals surface area contributed by atoms with Crippen LogP contribution in [-0.2, 0) is 0 Å². The molecule has 0 aliphatic rings. The highest BCUT2D eigenvalue weighted by Gasteiger charge is 2.20. The second-order valence-electron chi connectivity index (χ2n) is 15.4. The molecule has 10 aromatic carbocycles. The number of benzene rings is 10. The third-order valence-corrected chi connectivity index (χ3v) is 12.0. The second-order valence-corrected chi connectivity index (χ2v) is 15.4. The molecule has 0 bridgehead atoms. The van der Waals surface area contributed by atoms with Gasteiger partial charge < -0.3 is 0 Å². The van der Waals surface area contributed by atoms with Crippen LogP contribution in [0.1, 0.15) is 0 Å². The molecule has 3 nitrogen and oxygen atoms in total. The summed E-state index contributed by atoms with van der Waals surface area (Å²) in [6.07, 6.45) is 1.90. The number of aromatic nitrogens is 3. The third-order valence-electron chi connectivity index (χ3n) is 12.0. The summed E-state index contributed by atoms with van der Waals surface area (Å²) in [6, 6.07) is 74.7. The number of pyridine rings is 1. The highest BCUT2D eigenvalue weighted by atomic mass is 15.1. The van der Waals surface area contributed by atoms with E-state index in [4.69, 9.17) is 9.97 Å². The molecule has 274 valence electrons. The monoisotopic (exact) mass is 749 g/mol. The standard InChI is InChI=1S/C56H35N3/c1-2-16-45(17-3-1)59-55-49-20-10-11-21-51(49)57-35-52(55)58-56(59)39-26-22-38(23-27-39)42-30-31-48-50(34-42)54(44-29-25-37-13-5-7-15-41(37)33-44)47-19-9-8-18-46(47)53(48)43-28-24-36-12-4-6-14-40(36)32-43/h1-35H. The van der Waals surface area contributed by atoms with Crippen molar-refractivity contribution < 1.29 is 0 Å². The fourth-order valence-electron chi connectivity index (χ4n) is 9.21. The zero-order valence-corrected chi connectivity index (χ0v) is 32.0. The molecule has 12 rings (SSSR count). The fraction of sp³-hybridized carbons (Fsp3) is 0. The van der Waals surface area contributed by atoms with E-state index in [2.05, 4.69) is 205 Å². The summed E-state index contributed by atoms with van der Waals surface area (Å²) in [6.45, 7) is 0. The number of para-hydroxylation sites is 2. The third kappa shape index (κ3) is 5.44. The predicted molar refractivity (Wildman–Crippen MR) is 248 cm³/mol. The van der Waals surface area contributed by atoms with Crippen LogP contribution in [0.2, 0.25) is 0 Å². The minimum atomic E-state index is 0.872. The van der Waals surface area contributed by atoms with Crippen molar-refractivity contribution in [1.82, 2.24) is 14.5 Å². The van der Waals surface area contributed by atoms with Gasteiger partial charge in [0.1, 0.15) is 11.3 Å². The van der Waals surface area contributed by atoms with Crippen molar-refractivity contribution in [3.8, 4) is 50.5 Å². The minimum Gasteiger partial charge on any atom is -0.292 e. The Balaban J connectivity index is 1.07. The number of fused-ring (bicyclic) bond motifs is 7. The molecule has 0 saturated carbocycles. The Labute approximate surface area is 341 Å². The van der Waals surface area contributed by atoms with Gasteiger partial charge in [-0.1, -0.05) is 170 Å². The minimum absolute atomic E-state index is 0.872. The molecule has 0 spiro atoms. The first-order chi connectivity index (χ1) is 29.2. The van der Waals surface area contributed by atoms with Gasteiger partial charge in [0.2, 0.25) is 0 Å². The molecule has 0 unspecified atom stereocenters. The number of rotatable bonds is 5. The van der Waals surface area contributed by atoms with Crippen LogP contribution < -0.4 is 0 Å². The largest absolute Gasteiger partial charge is 0.292 e. The average molecular weight is 750 g/mol. The van der Waals surface area contributed by atoms with Crippen LogP contribution in [0.3, 0.4) is 0 Å². The normalized spacial score (nSPS) is 11.7. The molecule has 2 heterocycles. The van der Waals surface area contributed by atoms with Gasteiger partial charge in [0.05, 0.1) is 17.2 Å². The number of nitrogens with zero attached hydrogens (tertiary/aromatic N) is 3. The van der Waals surface area contributed by atoms with Gasteiger partial charge in [0, 0.05) is 16.6 Å². The summed E-state index contributed by atoms with van der Waals surface area (Å²) in [5.41, 5.74) is 12.2. The summed E-state index contributed by atoms with van der Waals surface area (Å²) in [7, 11) is 0. The summed E-state index contributed by atoms with van der Waals surface area (Å²) in [5, 5.41) is 11.0. The Kier molecular flexibility index (Phi) is 7.54. The number of imidazole rings is 1. The highest BCUT2D eigenvalue weighted by molar-refractivity contribution is 6.22. The molecule has 0 amide bonds. The van der Waals surface area contributed by atoms with Crippen molar-refractivity contribution in [3.63, 3.8) is 0 Å². The number of hydrogen-bond acceptors (Lipinski definition) is 2. The molecule has 0 radical (unpaired) electrons. The lowest BCUT2D eigenvalue weighted by Gasteiger charge is -2.19. The molecule has 0 saturated heterocycles. The van der Waals surface area contributed by atoms with E-state index < -0.39 is 0 Å². The van der Waals surface area contributed by atoms with E-state index in [0.29, 0.717) is 0 Å². The van der Waals surface area contributed by atoms with E-state index >= 15 is 0 Å². The Morgan fingerprint density at radius 3 is 1.51 bits per heavy atom. The topological polar surface area (TPSA) is 30.7 Å². The van der Waals surface area contributed by atoms with Crippen molar-refractivity contribution >= 4 is 65.0 Å². The van der Waals surface area contributed by atoms with Crippen molar-refractivity contribution in [2.45, 2.75) is 0 Å². The van der Waals surface area contributed by atoms with E-state index in [1.54, 1.807) is 0 Å². The molecule has 0 N–H and O–H groups in total. The first-order valence-corrected chi connectivity index (χ1v) is 20.1. The molecule has 12 aromatic rings. The molecule has 0 fully saturated rings. The smallest absolute Gasteiger partial charge is 0.145 e. The van der Waals surface area contributed by atoms with Gasteiger partial charge >= 0.3 is 0 Å². The quantitative estimate of drug-likeness (QED) is 0.164. The van der Waals surface area contributed by atoms with E-state index in [1.807, 2.05) is 12.3 Å². The summed E-state index contributed by atoms with van der Waals surface area (Å²) < 4.78 is 2.28. The van der Waals surface area contributed by atoms with Crippen molar-refractivity contribution in [2.24, 2.45) is 0 Å². The van der Waals surface area contributed by atoms with Crippen LogP contribution in [0, 0.1) is 0 Å². The van der Waals surface area contributed by atoms with Gasteiger partial charge in [-0.3, -0.25) is 9.55 Å². The lowest BCUT2D eigenvalue weighted by atomic mass is 9.84. The Morgan fingerprint density at radius 1 is 0.322 bits per heavy atom. The zero-order valence-electron chi connectivity index (χ0n) is 32.0. The van der Waals surface area contributed by atoms with Crippen LogP contribution in [0.4, 0.5) is 0 Å². The lowest BCUT2D eigenvalue weighted by Crippen LogP contribution is -1.98. The van der Waals surface area contributed by atoms with E-state index in [9.17, 15) is 0 Å². The first kappa shape index (κ1) is 33.3. The molecular formula is C56H35N3. The lowest BCUT2D eigenvalue weighted by molar-refractivity contribution is 1.11. The number of hydrogen-bond donors (Lipinski definition) is 0. The molecule has 2 aromatic heterocycles. The average Bonchev–Trinajstić information content (AvgIpc) is 3.71. The van der Waals surface area contributed by atoms with E-state index in [1.165, 1.54) is 65.3 Å². The molecule has 0 atom stereocenters. The van der Waals surface area contributed by atoms with Crippen molar-refractivity contribution in [3.05, 3.63) is 212 Å². The predicted octanol–water partition coefficient (Wildman–Crippen LogP) is 14.9. The summed E-state index contributed by atoms with van der Waals surface area (Å²) in [4.78, 5) is 9.96. The van der Waals surface area contributed by atoms with Gasteiger partial charge in [-0.2, -0.15) is 0 Å². The molecule has 0 aliphatic carbocycles.